The summed E-state index contributed by atoms with van der Waals surface area (Å²) in [6, 6.07) is 19.3. The molecule has 4 rings (SSSR count). The molecule has 28 heavy (non-hydrogen) atoms. The molecule has 1 fully saturated rings. The van der Waals surface area contributed by atoms with Gasteiger partial charge in [0.2, 0.25) is 5.95 Å². The highest BCUT2D eigenvalue weighted by Gasteiger charge is 2.17. The van der Waals surface area contributed by atoms with Crippen molar-refractivity contribution in [2.75, 3.05) is 10.6 Å². The van der Waals surface area contributed by atoms with Crippen LogP contribution in [0.15, 0.2) is 54.6 Å². The highest BCUT2D eigenvalue weighted by molar-refractivity contribution is 5.70. The van der Waals surface area contributed by atoms with Crippen molar-refractivity contribution in [3.63, 3.8) is 0 Å². The molecule has 1 aromatic heterocycles. The Morgan fingerprint density at radius 3 is 2.50 bits per heavy atom. The van der Waals surface area contributed by atoms with Crippen LogP contribution in [-0.4, -0.2) is 16.0 Å². The van der Waals surface area contributed by atoms with Crippen molar-refractivity contribution in [3.8, 4) is 11.3 Å². The van der Waals surface area contributed by atoms with Gasteiger partial charge < -0.3 is 10.6 Å². The minimum atomic E-state index is 0.475. The lowest BCUT2D eigenvalue weighted by atomic mass is 10.1. The van der Waals surface area contributed by atoms with E-state index in [0.29, 0.717) is 12.0 Å². The molecular formula is C24H28N4. The number of hydrogen-bond acceptors (Lipinski definition) is 4. The number of benzene rings is 2. The van der Waals surface area contributed by atoms with E-state index in [-0.39, 0.29) is 0 Å². The Morgan fingerprint density at radius 2 is 1.75 bits per heavy atom. The summed E-state index contributed by atoms with van der Waals surface area (Å²) >= 11 is 0. The molecule has 0 aliphatic heterocycles. The highest BCUT2D eigenvalue weighted by Crippen LogP contribution is 2.29. The Bertz CT molecular complexity index is 931. The highest BCUT2D eigenvalue weighted by atomic mass is 15.2. The summed E-state index contributed by atoms with van der Waals surface area (Å²) in [4.78, 5) is 9.61. The lowest BCUT2D eigenvalue weighted by molar-refractivity contribution is 0.744. The first-order valence-electron chi connectivity index (χ1n) is 10.3. The Morgan fingerprint density at radius 1 is 0.964 bits per heavy atom. The molecule has 2 N–H and O–H groups in total. The SMILES string of the molecule is CCc1cccc(C)c1Nc1cc(-c2ccccc2)nc(NC2CCCC2)n1. The average molecular weight is 373 g/mol. The van der Waals surface area contributed by atoms with Gasteiger partial charge >= 0.3 is 0 Å². The maximum atomic E-state index is 4.81. The monoisotopic (exact) mass is 372 g/mol. The third kappa shape index (κ3) is 4.16. The van der Waals surface area contributed by atoms with Crippen LogP contribution in [0.5, 0.6) is 0 Å². The summed E-state index contributed by atoms with van der Waals surface area (Å²) in [6.07, 6.45) is 5.93. The van der Waals surface area contributed by atoms with Crippen molar-refractivity contribution in [1.29, 1.82) is 0 Å². The molecule has 144 valence electrons. The van der Waals surface area contributed by atoms with E-state index in [1.54, 1.807) is 0 Å². The number of anilines is 3. The van der Waals surface area contributed by atoms with Gasteiger partial charge in [-0.3, -0.25) is 0 Å². The maximum absolute atomic E-state index is 4.81. The minimum absolute atomic E-state index is 0.475. The van der Waals surface area contributed by atoms with E-state index in [9.17, 15) is 0 Å². The van der Waals surface area contributed by atoms with Crippen molar-refractivity contribution < 1.29 is 0 Å². The summed E-state index contributed by atoms with van der Waals surface area (Å²) in [5.74, 6) is 1.54. The van der Waals surface area contributed by atoms with E-state index in [1.807, 2.05) is 24.3 Å². The standard InChI is InChI=1S/C24H28N4/c1-3-18-13-9-10-17(2)23(18)27-22-16-21(19-11-5-4-6-12-19)26-24(28-22)25-20-14-7-8-15-20/h4-6,9-13,16,20H,3,7-8,14-15H2,1-2H3,(H2,25,26,27,28). The van der Waals surface area contributed by atoms with Crippen LogP contribution in [0.1, 0.15) is 43.7 Å². The number of aryl methyl sites for hydroxylation is 2. The van der Waals surface area contributed by atoms with Gasteiger partial charge in [0.25, 0.3) is 0 Å². The fourth-order valence-electron chi connectivity index (χ4n) is 3.92. The first-order chi connectivity index (χ1) is 13.7. The van der Waals surface area contributed by atoms with Gasteiger partial charge in [-0.1, -0.05) is 68.3 Å². The molecule has 1 aliphatic rings. The van der Waals surface area contributed by atoms with Gasteiger partial charge in [-0.2, -0.15) is 4.98 Å². The smallest absolute Gasteiger partial charge is 0.225 e. The molecule has 1 saturated carbocycles. The number of rotatable bonds is 6. The fraction of sp³-hybridized carbons (Fsp3) is 0.333. The molecular weight excluding hydrogens is 344 g/mol. The van der Waals surface area contributed by atoms with Crippen LogP contribution in [0.4, 0.5) is 17.5 Å². The summed E-state index contributed by atoms with van der Waals surface area (Å²) in [5.41, 5.74) is 5.71. The van der Waals surface area contributed by atoms with Gasteiger partial charge in [0.15, 0.2) is 0 Å². The molecule has 3 aromatic rings. The van der Waals surface area contributed by atoms with Gasteiger partial charge in [-0.25, -0.2) is 4.98 Å². The zero-order chi connectivity index (χ0) is 19.3. The van der Waals surface area contributed by atoms with Gasteiger partial charge in [-0.15, -0.1) is 0 Å². The third-order valence-corrected chi connectivity index (χ3v) is 5.48. The predicted octanol–water partition coefficient (Wildman–Crippen LogP) is 6.11. The molecule has 0 amide bonds. The molecule has 2 aromatic carbocycles. The molecule has 0 saturated heterocycles. The van der Waals surface area contributed by atoms with Crippen LogP contribution in [0.3, 0.4) is 0 Å². The number of hydrogen-bond donors (Lipinski definition) is 2. The Labute approximate surface area is 167 Å². The summed E-state index contributed by atoms with van der Waals surface area (Å²) in [5, 5.41) is 7.13. The fourth-order valence-corrected chi connectivity index (χ4v) is 3.92. The van der Waals surface area contributed by atoms with E-state index < -0.39 is 0 Å². The number of aromatic nitrogens is 2. The van der Waals surface area contributed by atoms with Gasteiger partial charge in [-0.05, 0) is 37.3 Å². The van der Waals surface area contributed by atoms with Crippen LogP contribution in [0.2, 0.25) is 0 Å². The van der Waals surface area contributed by atoms with Gasteiger partial charge in [0.1, 0.15) is 5.82 Å². The quantitative estimate of drug-likeness (QED) is 0.548. The van der Waals surface area contributed by atoms with Crippen molar-refractivity contribution >= 4 is 17.5 Å². The molecule has 0 atom stereocenters. The first-order valence-corrected chi connectivity index (χ1v) is 10.3. The van der Waals surface area contributed by atoms with Crippen molar-refractivity contribution in [3.05, 3.63) is 65.7 Å². The topological polar surface area (TPSA) is 49.8 Å². The molecule has 4 nitrogen and oxygen atoms in total. The van der Waals surface area contributed by atoms with Crippen molar-refractivity contribution in [1.82, 2.24) is 9.97 Å². The molecule has 0 radical (unpaired) electrons. The largest absolute Gasteiger partial charge is 0.351 e. The molecule has 1 heterocycles. The predicted molar refractivity (Wildman–Crippen MR) is 117 cm³/mol. The number of para-hydroxylation sites is 1. The lowest BCUT2D eigenvalue weighted by Gasteiger charge is -2.17. The average Bonchev–Trinajstić information content (AvgIpc) is 3.23. The maximum Gasteiger partial charge on any atom is 0.225 e. The second kappa shape index (κ2) is 8.42. The summed E-state index contributed by atoms with van der Waals surface area (Å²) < 4.78 is 0. The number of nitrogens with one attached hydrogen (secondary N) is 2. The molecule has 1 aliphatic carbocycles. The van der Waals surface area contributed by atoms with E-state index in [0.717, 1.165) is 29.2 Å². The van der Waals surface area contributed by atoms with Crippen LogP contribution in [-0.2, 0) is 6.42 Å². The van der Waals surface area contributed by atoms with E-state index in [1.165, 1.54) is 36.8 Å². The molecule has 4 heteroatoms. The van der Waals surface area contributed by atoms with Crippen molar-refractivity contribution in [2.24, 2.45) is 0 Å². The Hall–Kier alpha value is -2.88. The zero-order valence-electron chi connectivity index (χ0n) is 16.7. The molecule has 0 spiro atoms. The summed E-state index contributed by atoms with van der Waals surface area (Å²) in [6.45, 7) is 4.32. The number of nitrogens with zero attached hydrogens (tertiary/aromatic N) is 2. The van der Waals surface area contributed by atoms with Gasteiger partial charge in [0, 0.05) is 23.4 Å². The van der Waals surface area contributed by atoms with E-state index in [4.69, 9.17) is 9.97 Å². The third-order valence-electron chi connectivity index (χ3n) is 5.48. The van der Waals surface area contributed by atoms with Crippen LogP contribution >= 0.6 is 0 Å². The normalized spacial score (nSPS) is 14.2. The Kier molecular flexibility index (Phi) is 5.56. The molecule has 0 unspecified atom stereocenters. The van der Waals surface area contributed by atoms with Crippen LogP contribution < -0.4 is 10.6 Å². The van der Waals surface area contributed by atoms with E-state index >= 15 is 0 Å². The second-order valence-electron chi connectivity index (χ2n) is 7.54. The summed E-state index contributed by atoms with van der Waals surface area (Å²) in [7, 11) is 0. The lowest BCUT2D eigenvalue weighted by Crippen LogP contribution is -2.17. The second-order valence-corrected chi connectivity index (χ2v) is 7.54. The van der Waals surface area contributed by atoms with Gasteiger partial charge in [0.05, 0.1) is 5.69 Å². The minimum Gasteiger partial charge on any atom is -0.351 e. The zero-order valence-corrected chi connectivity index (χ0v) is 16.7. The van der Waals surface area contributed by atoms with E-state index in [2.05, 4.69) is 54.8 Å². The van der Waals surface area contributed by atoms with Crippen LogP contribution in [0.25, 0.3) is 11.3 Å². The van der Waals surface area contributed by atoms with Crippen molar-refractivity contribution in [2.45, 2.75) is 52.0 Å². The van der Waals surface area contributed by atoms with Crippen LogP contribution in [0, 0.1) is 6.92 Å². The Balaban J connectivity index is 1.71. The molecule has 0 bridgehead atoms. The first kappa shape index (κ1) is 18.5.